The van der Waals surface area contributed by atoms with Crippen molar-refractivity contribution >= 4 is 0 Å². The quantitative estimate of drug-likeness (QED) is 0.676. The maximum atomic E-state index is 5.00. The molecule has 17 heavy (non-hydrogen) atoms. The van der Waals surface area contributed by atoms with Gasteiger partial charge in [-0.3, -0.25) is 6.67 Å². The molecule has 0 amide bonds. The molecular weight excluding hydrogens is 339 g/mol. The largest absolute Gasteiger partial charge is 3.00 e. The smallest absolute Gasteiger partial charge is 0.683 e. The van der Waals surface area contributed by atoms with E-state index in [1.165, 1.54) is 32.1 Å². The van der Waals surface area contributed by atoms with Gasteiger partial charge in [0, 0.05) is 13.7 Å². The second-order valence-electron chi connectivity index (χ2n) is 3.71. The minimum atomic E-state index is 0. The number of hydrogen-bond donors (Lipinski definition) is 0. The molecule has 0 heterocycles. The summed E-state index contributed by atoms with van der Waals surface area (Å²) in [5, 5.41) is 7.38. The van der Waals surface area contributed by atoms with Crippen molar-refractivity contribution in [2.24, 2.45) is 5.92 Å². The second kappa shape index (κ2) is 22.3. The molecule has 1 aliphatic carbocycles. The Morgan fingerprint density at radius 1 is 1.12 bits per heavy atom. The van der Waals surface area contributed by atoms with Crippen LogP contribution in [0.3, 0.4) is 0 Å². The summed E-state index contributed by atoms with van der Waals surface area (Å²) >= 11 is 0. The first-order valence-electron chi connectivity index (χ1n) is 6.16. The maximum Gasteiger partial charge on any atom is 3.00 e. The summed E-state index contributed by atoms with van der Waals surface area (Å²) in [6.45, 7) is 6.60. The molecule has 0 atom stereocenters. The fraction of sp³-hybridized carbons (Fsp3) is 0.923. The van der Waals surface area contributed by atoms with Gasteiger partial charge in [-0.15, -0.1) is 0 Å². The van der Waals surface area contributed by atoms with Crippen molar-refractivity contribution < 1.29 is 40.3 Å². The van der Waals surface area contributed by atoms with Crippen molar-refractivity contribution in [3.63, 3.8) is 0 Å². The van der Waals surface area contributed by atoms with Gasteiger partial charge in [0.2, 0.25) is 0 Å². The third-order valence-electron chi connectivity index (χ3n) is 2.49. The van der Waals surface area contributed by atoms with Gasteiger partial charge in [0.05, 0.1) is 0 Å². The first-order chi connectivity index (χ1) is 7.85. The van der Waals surface area contributed by atoms with Gasteiger partial charge < -0.3 is 22.3 Å². The van der Waals surface area contributed by atoms with Crippen LogP contribution in [0.1, 0.15) is 39.0 Å². The molecule has 0 aromatic carbocycles. The summed E-state index contributed by atoms with van der Waals surface area (Å²) in [6, 6.07) is 0. The van der Waals surface area contributed by atoms with Crippen LogP contribution < -0.4 is 0 Å². The average Bonchev–Trinajstić information content (AvgIpc) is 2.84. The van der Waals surface area contributed by atoms with E-state index in [9.17, 15) is 0 Å². The van der Waals surface area contributed by atoms with E-state index in [0.29, 0.717) is 6.67 Å². The SMILES string of the molecule is COCCC1CCCC1.C[N-]C[N-]C.[CH2-]C.[La+3]. The van der Waals surface area contributed by atoms with Gasteiger partial charge >= 0.3 is 35.6 Å². The van der Waals surface area contributed by atoms with Crippen LogP contribution in [-0.4, -0.2) is 34.5 Å². The summed E-state index contributed by atoms with van der Waals surface area (Å²) < 4.78 is 5.00. The molecule has 0 aromatic rings. The van der Waals surface area contributed by atoms with Crippen LogP contribution in [-0.2, 0) is 4.74 Å². The Hall–Kier alpha value is 1.07. The van der Waals surface area contributed by atoms with Gasteiger partial charge in [0.15, 0.2) is 0 Å². The molecule has 4 heteroatoms. The first-order valence-corrected chi connectivity index (χ1v) is 6.16. The van der Waals surface area contributed by atoms with E-state index in [1.54, 1.807) is 28.1 Å². The molecule has 1 saturated carbocycles. The van der Waals surface area contributed by atoms with Crippen molar-refractivity contribution in [2.45, 2.75) is 39.0 Å². The van der Waals surface area contributed by atoms with E-state index < -0.39 is 0 Å². The first kappa shape index (κ1) is 23.2. The van der Waals surface area contributed by atoms with Crippen molar-refractivity contribution in [1.82, 2.24) is 0 Å². The summed E-state index contributed by atoms with van der Waals surface area (Å²) in [5.41, 5.74) is 0. The predicted molar refractivity (Wildman–Crippen MR) is 72.9 cm³/mol. The Kier molecular flexibility index (Phi) is 30.4. The van der Waals surface area contributed by atoms with E-state index in [2.05, 4.69) is 17.6 Å². The third-order valence-corrected chi connectivity index (χ3v) is 2.49. The van der Waals surface area contributed by atoms with Crippen molar-refractivity contribution in [3.8, 4) is 0 Å². The molecule has 0 aromatic heterocycles. The summed E-state index contributed by atoms with van der Waals surface area (Å²) in [5.74, 6) is 0.991. The van der Waals surface area contributed by atoms with Gasteiger partial charge in [-0.25, -0.2) is 0 Å². The van der Waals surface area contributed by atoms with Crippen LogP contribution in [0, 0.1) is 48.4 Å². The topological polar surface area (TPSA) is 37.4 Å². The molecule has 0 bridgehead atoms. The van der Waals surface area contributed by atoms with Gasteiger partial charge in [0.1, 0.15) is 0 Å². The molecule has 1 aliphatic rings. The second-order valence-corrected chi connectivity index (χ2v) is 3.71. The molecule has 1 rings (SSSR count). The number of nitrogens with zero attached hydrogens (tertiary/aromatic N) is 2. The number of rotatable bonds is 5. The Bertz CT molecular complexity index is 108. The van der Waals surface area contributed by atoms with Gasteiger partial charge in [-0.2, -0.15) is 21.0 Å². The normalized spacial score (nSPS) is 13.9. The molecule has 0 aliphatic heterocycles. The fourth-order valence-electron chi connectivity index (χ4n) is 1.72. The van der Waals surface area contributed by atoms with E-state index in [4.69, 9.17) is 4.74 Å². The standard InChI is InChI=1S/C8H16O.C3H8N2.C2H5.La/c1-9-7-6-8-4-2-3-5-8;1-4-3-5-2;1-2;/h8H,2-7H2,1H3;3H2,1-2H3;1H2,2H3;/q;-2;-1;+3. The minimum absolute atomic E-state index is 0. The molecular formula is C13H29LaN2O. The van der Waals surface area contributed by atoms with E-state index >= 15 is 0 Å². The van der Waals surface area contributed by atoms with E-state index in [1.807, 2.05) is 0 Å². The van der Waals surface area contributed by atoms with E-state index in [-0.39, 0.29) is 35.6 Å². The molecule has 0 spiro atoms. The Morgan fingerprint density at radius 2 is 1.59 bits per heavy atom. The van der Waals surface area contributed by atoms with Gasteiger partial charge in [0.25, 0.3) is 0 Å². The van der Waals surface area contributed by atoms with Crippen LogP contribution in [0.25, 0.3) is 10.6 Å². The number of methoxy groups -OCH3 is 1. The zero-order valence-corrected chi connectivity index (χ0v) is 15.7. The third kappa shape index (κ3) is 19.6. The number of hydrogen-bond acceptors (Lipinski definition) is 1. The summed E-state index contributed by atoms with van der Waals surface area (Å²) in [7, 11) is 5.27. The van der Waals surface area contributed by atoms with Crippen LogP contribution >= 0.6 is 0 Å². The van der Waals surface area contributed by atoms with Crippen molar-refractivity contribution in [2.75, 3.05) is 34.5 Å². The Balaban J connectivity index is -0.000000213. The van der Waals surface area contributed by atoms with Crippen LogP contribution in [0.4, 0.5) is 0 Å². The molecule has 1 fully saturated rings. The molecule has 3 nitrogen and oxygen atoms in total. The molecule has 100 valence electrons. The molecule has 0 saturated heterocycles. The number of ether oxygens (including phenoxy) is 1. The Labute approximate surface area is 136 Å². The summed E-state index contributed by atoms with van der Waals surface area (Å²) in [4.78, 5) is 0. The van der Waals surface area contributed by atoms with Crippen LogP contribution in [0.5, 0.6) is 0 Å². The van der Waals surface area contributed by atoms with E-state index in [0.717, 1.165) is 12.5 Å². The fourth-order valence-corrected chi connectivity index (χ4v) is 1.72. The zero-order chi connectivity index (χ0) is 12.6. The zero-order valence-electron chi connectivity index (χ0n) is 12.1. The maximum absolute atomic E-state index is 5.00. The Morgan fingerprint density at radius 3 is 1.88 bits per heavy atom. The van der Waals surface area contributed by atoms with Gasteiger partial charge in [-0.05, 0) is 12.3 Å². The van der Waals surface area contributed by atoms with Crippen molar-refractivity contribution in [3.05, 3.63) is 17.6 Å². The molecule has 0 N–H and O–H groups in total. The monoisotopic (exact) mass is 368 g/mol. The van der Waals surface area contributed by atoms with Gasteiger partial charge in [-0.1, -0.05) is 25.7 Å². The summed E-state index contributed by atoms with van der Waals surface area (Å²) in [6.07, 6.45) is 7.09. The predicted octanol–water partition coefficient (Wildman–Crippen LogP) is 4.00. The minimum Gasteiger partial charge on any atom is -0.683 e. The van der Waals surface area contributed by atoms with Crippen molar-refractivity contribution in [1.29, 1.82) is 0 Å². The van der Waals surface area contributed by atoms with Crippen LogP contribution in [0.15, 0.2) is 0 Å². The molecule has 0 radical (unpaired) electrons. The molecule has 0 unspecified atom stereocenters. The average molecular weight is 368 g/mol. The van der Waals surface area contributed by atoms with Crippen LogP contribution in [0.2, 0.25) is 0 Å².